The summed E-state index contributed by atoms with van der Waals surface area (Å²) >= 11 is 11.4. The lowest BCUT2D eigenvalue weighted by atomic mass is 10.1. The lowest BCUT2D eigenvalue weighted by Gasteiger charge is -2.29. The number of ether oxygens (including phenoxy) is 2. The number of nitrogens with zero attached hydrogens (tertiary/aromatic N) is 1. The van der Waals surface area contributed by atoms with Gasteiger partial charge in [-0.15, -0.1) is 0 Å². The van der Waals surface area contributed by atoms with Crippen molar-refractivity contribution in [3.63, 3.8) is 0 Å². The molecule has 2 aliphatic heterocycles. The van der Waals surface area contributed by atoms with Crippen LogP contribution in [0.2, 0.25) is 10.0 Å². The molecule has 0 saturated carbocycles. The minimum absolute atomic E-state index is 0. The maximum Gasteiger partial charge on any atom is 0.154 e. The number of hydrogen-bond acceptors (Lipinski definition) is 6. The molecule has 2 fully saturated rings. The van der Waals surface area contributed by atoms with E-state index in [9.17, 15) is 14.0 Å². The van der Waals surface area contributed by atoms with Gasteiger partial charge in [0.2, 0.25) is 0 Å². The topological polar surface area (TPSA) is 67.9 Å². The van der Waals surface area contributed by atoms with Crippen LogP contribution in [-0.4, -0.2) is 65.2 Å². The predicted octanol–water partition coefficient (Wildman–Crippen LogP) is 4.52. The fourth-order valence-corrected chi connectivity index (χ4v) is 3.28. The largest absolute Gasteiger partial charge is 0.379 e. The number of benzene rings is 2. The Morgan fingerprint density at radius 3 is 1.81 bits per heavy atom. The third-order valence-corrected chi connectivity index (χ3v) is 5.12. The van der Waals surface area contributed by atoms with E-state index in [1.807, 2.05) is 12.1 Å². The molecule has 9 heteroatoms. The Morgan fingerprint density at radius 2 is 1.38 bits per heavy atom. The Hall–Kier alpha value is -2.03. The van der Waals surface area contributed by atoms with E-state index in [0.717, 1.165) is 51.4 Å². The van der Waals surface area contributed by atoms with Gasteiger partial charge in [0.15, 0.2) is 12.6 Å². The smallest absolute Gasteiger partial charge is 0.154 e. The van der Waals surface area contributed by atoms with Gasteiger partial charge in [0.1, 0.15) is 5.82 Å². The van der Waals surface area contributed by atoms with Crippen molar-refractivity contribution in [2.24, 2.45) is 0 Å². The third-order valence-electron chi connectivity index (χ3n) is 4.46. The van der Waals surface area contributed by atoms with E-state index >= 15 is 0 Å². The first-order valence-corrected chi connectivity index (χ1v) is 10.6. The quantitative estimate of drug-likeness (QED) is 0.643. The average Bonchev–Trinajstić information content (AvgIpc) is 2.82. The minimum Gasteiger partial charge on any atom is -0.379 e. The Kier molecular flexibility index (Phi) is 13.8. The summed E-state index contributed by atoms with van der Waals surface area (Å²) in [6.07, 6.45) is 1.21. The summed E-state index contributed by atoms with van der Waals surface area (Å²) in [5, 5.41) is 3.82. The first-order chi connectivity index (χ1) is 15.1. The number of hydrogen-bond donors (Lipinski definition) is 1. The highest BCUT2D eigenvalue weighted by Crippen LogP contribution is 2.26. The molecule has 2 aliphatic rings. The fourth-order valence-electron chi connectivity index (χ4n) is 2.86. The molecule has 2 aromatic carbocycles. The van der Waals surface area contributed by atoms with E-state index in [1.54, 1.807) is 6.07 Å². The Balaban J connectivity index is 0.000000260. The number of nitrogens with one attached hydrogen (secondary N) is 1. The molecule has 0 radical (unpaired) electrons. The maximum absolute atomic E-state index is 12.5. The van der Waals surface area contributed by atoms with Gasteiger partial charge < -0.3 is 19.7 Å². The number of rotatable bonds is 3. The van der Waals surface area contributed by atoms with Crippen molar-refractivity contribution in [1.82, 2.24) is 5.32 Å². The summed E-state index contributed by atoms with van der Waals surface area (Å²) in [5.41, 5.74) is 1.39. The maximum atomic E-state index is 12.5. The number of carbonyl (C=O) groups excluding carboxylic acids is 2. The molecule has 0 amide bonds. The Labute approximate surface area is 198 Å². The second-order valence-electron chi connectivity index (χ2n) is 6.51. The van der Waals surface area contributed by atoms with E-state index in [4.69, 9.17) is 32.7 Å². The number of carbonyl (C=O) groups is 2. The van der Waals surface area contributed by atoms with E-state index in [2.05, 4.69) is 10.2 Å². The Morgan fingerprint density at radius 1 is 0.844 bits per heavy atom. The molecule has 4 rings (SSSR count). The first-order valence-electron chi connectivity index (χ1n) is 9.82. The van der Waals surface area contributed by atoms with Crippen molar-refractivity contribution in [2.45, 2.75) is 7.43 Å². The van der Waals surface area contributed by atoms with Crippen LogP contribution in [-0.2, 0) is 9.47 Å². The molecule has 2 aromatic rings. The van der Waals surface area contributed by atoms with Crippen molar-refractivity contribution >= 4 is 41.5 Å². The van der Waals surface area contributed by atoms with Crippen molar-refractivity contribution in [3.05, 3.63) is 63.4 Å². The summed E-state index contributed by atoms with van der Waals surface area (Å²) in [6.45, 7) is 6.85. The number of anilines is 1. The minimum atomic E-state index is -0.581. The molecular formula is C23H29Cl2FN2O4. The average molecular weight is 487 g/mol. The van der Waals surface area contributed by atoms with Crippen molar-refractivity contribution in [1.29, 1.82) is 0 Å². The van der Waals surface area contributed by atoms with Crippen LogP contribution >= 0.6 is 23.2 Å². The normalized spacial score (nSPS) is 15.2. The van der Waals surface area contributed by atoms with Crippen molar-refractivity contribution < 1.29 is 23.5 Å². The third kappa shape index (κ3) is 8.84. The van der Waals surface area contributed by atoms with Crippen LogP contribution in [0.1, 0.15) is 28.1 Å². The zero-order valence-electron chi connectivity index (χ0n) is 17.0. The van der Waals surface area contributed by atoms with Crippen LogP contribution in [0, 0.1) is 5.82 Å². The van der Waals surface area contributed by atoms with Gasteiger partial charge in [-0.2, -0.15) is 0 Å². The predicted molar refractivity (Wildman–Crippen MR) is 127 cm³/mol. The summed E-state index contributed by atoms with van der Waals surface area (Å²) in [7, 11) is 0. The van der Waals surface area contributed by atoms with Crippen LogP contribution in [0.5, 0.6) is 0 Å². The molecule has 6 nitrogen and oxygen atoms in total. The number of halogens is 3. The van der Waals surface area contributed by atoms with E-state index < -0.39 is 5.82 Å². The highest BCUT2D eigenvalue weighted by Gasteiger charge is 2.15. The van der Waals surface area contributed by atoms with Gasteiger partial charge in [0.25, 0.3) is 0 Å². The van der Waals surface area contributed by atoms with Gasteiger partial charge in [0, 0.05) is 31.9 Å². The number of aldehydes is 2. The van der Waals surface area contributed by atoms with Crippen molar-refractivity contribution in [3.8, 4) is 0 Å². The summed E-state index contributed by atoms with van der Waals surface area (Å²) in [4.78, 5) is 23.2. The summed E-state index contributed by atoms with van der Waals surface area (Å²) in [6, 6.07) is 9.62. The standard InChI is InChI=1S/C11H12ClNO2.C7H4ClFO.C4H9NO.CH4/c12-10-2-1-3-11(9(10)8-14)13-4-6-15-7-5-13;8-6-2-1-3-7(9)5(6)4-10;1-3-6-4-2-5-1;/h1-3,8H,4-7H2;1-4H;5H,1-4H2;1H4. The lowest BCUT2D eigenvalue weighted by Crippen LogP contribution is -2.36. The molecule has 0 unspecified atom stereocenters. The molecule has 0 aliphatic carbocycles. The second kappa shape index (κ2) is 15.7. The lowest BCUT2D eigenvalue weighted by molar-refractivity contribution is 0.109. The van der Waals surface area contributed by atoms with Crippen molar-refractivity contribution in [2.75, 3.05) is 57.5 Å². The molecule has 2 heterocycles. The molecular weight excluding hydrogens is 458 g/mol. The van der Waals surface area contributed by atoms with Gasteiger partial charge in [0.05, 0.1) is 47.6 Å². The Bertz CT molecular complexity index is 813. The van der Waals surface area contributed by atoms with Gasteiger partial charge in [-0.05, 0) is 24.3 Å². The molecule has 32 heavy (non-hydrogen) atoms. The van der Waals surface area contributed by atoms with Gasteiger partial charge in [-0.3, -0.25) is 9.59 Å². The van der Waals surface area contributed by atoms with Gasteiger partial charge >= 0.3 is 0 Å². The van der Waals surface area contributed by atoms with Gasteiger partial charge in [-0.25, -0.2) is 4.39 Å². The molecule has 1 N–H and O–H groups in total. The van der Waals surface area contributed by atoms with Crippen LogP contribution < -0.4 is 10.2 Å². The fraction of sp³-hybridized carbons (Fsp3) is 0.391. The van der Waals surface area contributed by atoms with E-state index in [-0.39, 0.29) is 18.0 Å². The monoisotopic (exact) mass is 486 g/mol. The molecule has 2 saturated heterocycles. The van der Waals surface area contributed by atoms with Crippen LogP contribution in [0.4, 0.5) is 10.1 Å². The molecule has 0 atom stereocenters. The zero-order chi connectivity index (χ0) is 22.5. The summed E-state index contributed by atoms with van der Waals surface area (Å²) < 4.78 is 22.8. The number of morpholine rings is 2. The SMILES string of the molecule is C.C1COCCN1.O=Cc1c(Cl)cccc1N1CCOCC1.O=Cc1c(F)cccc1Cl. The van der Waals surface area contributed by atoms with Crippen LogP contribution in [0.3, 0.4) is 0 Å². The molecule has 0 spiro atoms. The zero-order valence-corrected chi connectivity index (χ0v) is 18.5. The molecule has 0 aromatic heterocycles. The highest BCUT2D eigenvalue weighted by molar-refractivity contribution is 6.33. The van der Waals surface area contributed by atoms with E-state index in [0.29, 0.717) is 30.1 Å². The van der Waals surface area contributed by atoms with Crippen LogP contribution in [0.25, 0.3) is 0 Å². The van der Waals surface area contributed by atoms with Crippen LogP contribution in [0.15, 0.2) is 36.4 Å². The summed E-state index contributed by atoms with van der Waals surface area (Å²) in [5.74, 6) is -0.581. The highest BCUT2D eigenvalue weighted by atomic mass is 35.5. The first kappa shape index (κ1) is 28.0. The molecule has 0 bridgehead atoms. The van der Waals surface area contributed by atoms with Gasteiger partial charge in [-0.1, -0.05) is 42.8 Å². The van der Waals surface area contributed by atoms with E-state index in [1.165, 1.54) is 18.2 Å². The second-order valence-corrected chi connectivity index (χ2v) is 7.32. The molecule has 176 valence electrons.